The van der Waals surface area contributed by atoms with Crippen molar-refractivity contribution in [2.45, 2.75) is 19.9 Å². The molecule has 2 aromatic heterocycles. The van der Waals surface area contributed by atoms with E-state index in [0.29, 0.717) is 27.3 Å². The third kappa shape index (κ3) is 4.97. The fourth-order valence-corrected chi connectivity index (χ4v) is 2.86. The van der Waals surface area contributed by atoms with Crippen molar-refractivity contribution in [1.82, 2.24) is 20.4 Å². The molecule has 0 radical (unpaired) electrons. The van der Waals surface area contributed by atoms with Gasteiger partial charge in [0.05, 0.1) is 0 Å². The first kappa shape index (κ1) is 20.0. The van der Waals surface area contributed by atoms with Crippen LogP contribution in [0.25, 0.3) is 17.5 Å². The van der Waals surface area contributed by atoms with Gasteiger partial charge < -0.3 is 9.84 Å². The Balaban J connectivity index is 1.74. The number of carbonyl (C=O) groups is 1. The molecule has 1 aromatic carbocycles. The van der Waals surface area contributed by atoms with E-state index >= 15 is 0 Å². The van der Waals surface area contributed by atoms with Crippen LogP contribution < -0.4 is 5.32 Å². The van der Waals surface area contributed by atoms with Crippen molar-refractivity contribution < 1.29 is 9.32 Å². The molecule has 28 heavy (non-hydrogen) atoms. The maximum absolute atomic E-state index is 12.4. The number of carbonyl (C=O) groups excluding carboxylic acids is 1. The predicted molar refractivity (Wildman–Crippen MR) is 109 cm³/mol. The van der Waals surface area contributed by atoms with Crippen molar-refractivity contribution in [3.05, 3.63) is 70.3 Å². The van der Waals surface area contributed by atoms with Crippen LogP contribution in [-0.4, -0.2) is 21.0 Å². The van der Waals surface area contributed by atoms with E-state index in [1.165, 1.54) is 6.08 Å². The van der Waals surface area contributed by atoms with Gasteiger partial charge in [-0.3, -0.25) is 9.78 Å². The molecule has 0 saturated carbocycles. The summed E-state index contributed by atoms with van der Waals surface area (Å²) in [5.41, 5.74) is 1.39. The summed E-state index contributed by atoms with van der Waals surface area (Å²) in [7, 11) is 0. The molecule has 1 atom stereocenters. The van der Waals surface area contributed by atoms with E-state index in [0.717, 1.165) is 5.56 Å². The lowest BCUT2D eigenvalue weighted by Gasteiger charge is -2.17. The number of rotatable bonds is 6. The molecule has 0 spiro atoms. The quantitative estimate of drug-likeness (QED) is 0.573. The Kier molecular flexibility index (Phi) is 6.44. The van der Waals surface area contributed by atoms with Crippen LogP contribution in [0.3, 0.4) is 0 Å². The zero-order valence-electron chi connectivity index (χ0n) is 15.3. The van der Waals surface area contributed by atoms with Gasteiger partial charge in [0, 0.05) is 34.1 Å². The van der Waals surface area contributed by atoms with Gasteiger partial charge in [-0.05, 0) is 47.9 Å². The van der Waals surface area contributed by atoms with Crippen LogP contribution in [0.1, 0.15) is 31.3 Å². The van der Waals surface area contributed by atoms with Crippen LogP contribution >= 0.6 is 23.2 Å². The smallest absolute Gasteiger partial charge is 0.249 e. The number of nitrogens with one attached hydrogen (secondary N) is 1. The highest BCUT2D eigenvalue weighted by Gasteiger charge is 2.24. The molecular weight excluding hydrogens is 399 g/mol. The summed E-state index contributed by atoms with van der Waals surface area (Å²) in [6.45, 7) is 3.91. The number of halogens is 2. The molecule has 0 bridgehead atoms. The van der Waals surface area contributed by atoms with Crippen LogP contribution in [0.4, 0.5) is 0 Å². The van der Waals surface area contributed by atoms with Crippen molar-refractivity contribution >= 4 is 35.2 Å². The lowest BCUT2D eigenvalue weighted by Crippen LogP contribution is -2.30. The molecular formula is C20H18Cl2N4O2. The highest BCUT2D eigenvalue weighted by molar-refractivity contribution is 6.34. The first-order valence-electron chi connectivity index (χ1n) is 8.61. The van der Waals surface area contributed by atoms with E-state index in [4.69, 9.17) is 27.7 Å². The summed E-state index contributed by atoms with van der Waals surface area (Å²) >= 11 is 12.1. The van der Waals surface area contributed by atoms with Crippen molar-refractivity contribution in [3.8, 4) is 11.4 Å². The molecule has 0 aliphatic heterocycles. The fraction of sp³-hybridized carbons (Fsp3) is 0.200. The minimum atomic E-state index is -0.440. The van der Waals surface area contributed by atoms with E-state index in [2.05, 4.69) is 20.4 Å². The average molecular weight is 417 g/mol. The topological polar surface area (TPSA) is 80.9 Å². The molecule has 3 rings (SSSR count). The summed E-state index contributed by atoms with van der Waals surface area (Å²) in [6.07, 6.45) is 6.32. The third-order valence-corrected chi connectivity index (χ3v) is 4.54. The highest BCUT2D eigenvalue weighted by atomic mass is 35.5. The number of amides is 1. The number of hydrogen-bond donors (Lipinski definition) is 1. The minimum Gasteiger partial charge on any atom is -0.340 e. The maximum Gasteiger partial charge on any atom is 0.249 e. The minimum absolute atomic E-state index is 0.0364. The van der Waals surface area contributed by atoms with Crippen molar-refractivity contribution in [1.29, 1.82) is 0 Å². The Bertz CT molecular complexity index is 987. The molecule has 0 saturated heterocycles. The Morgan fingerprint density at radius 1 is 1.25 bits per heavy atom. The summed E-state index contributed by atoms with van der Waals surface area (Å²) in [5.74, 6) is 0.478. The first-order valence-corrected chi connectivity index (χ1v) is 9.37. The molecule has 1 unspecified atom stereocenters. The number of benzene rings is 1. The van der Waals surface area contributed by atoms with Crippen molar-refractivity contribution in [2.75, 3.05) is 0 Å². The van der Waals surface area contributed by atoms with Gasteiger partial charge in [0.15, 0.2) is 0 Å². The highest BCUT2D eigenvalue weighted by Crippen LogP contribution is 2.24. The molecule has 0 fully saturated rings. The summed E-state index contributed by atoms with van der Waals surface area (Å²) in [6, 6.07) is 8.24. The molecule has 6 nitrogen and oxygen atoms in total. The normalized spacial score (nSPS) is 12.5. The lowest BCUT2D eigenvalue weighted by molar-refractivity contribution is -0.117. The van der Waals surface area contributed by atoms with Gasteiger partial charge in [-0.15, -0.1) is 0 Å². The number of nitrogens with zero attached hydrogens (tertiary/aromatic N) is 3. The molecule has 1 amide bonds. The SMILES string of the molecule is CC(C)C(NC(=O)/C=C/c1cc(Cl)ccc1Cl)c1nc(-c2cccnc2)no1. The van der Waals surface area contributed by atoms with Gasteiger partial charge in [0.2, 0.25) is 17.6 Å². The lowest BCUT2D eigenvalue weighted by atomic mass is 10.0. The van der Waals surface area contributed by atoms with E-state index in [-0.39, 0.29) is 11.8 Å². The monoisotopic (exact) mass is 416 g/mol. The van der Waals surface area contributed by atoms with E-state index < -0.39 is 6.04 Å². The van der Waals surface area contributed by atoms with Gasteiger partial charge in [-0.1, -0.05) is 42.2 Å². The largest absolute Gasteiger partial charge is 0.340 e. The van der Waals surface area contributed by atoms with Crippen LogP contribution in [-0.2, 0) is 4.79 Å². The Morgan fingerprint density at radius 3 is 2.79 bits per heavy atom. The summed E-state index contributed by atoms with van der Waals surface area (Å²) in [4.78, 5) is 20.9. The Labute approximate surface area is 172 Å². The maximum atomic E-state index is 12.4. The summed E-state index contributed by atoms with van der Waals surface area (Å²) < 4.78 is 5.37. The molecule has 1 N–H and O–H groups in total. The number of pyridine rings is 1. The van der Waals surface area contributed by atoms with Gasteiger partial charge in [0.1, 0.15) is 6.04 Å². The molecule has 0 aliphatic carbocycles. The van der Waals surface area contributed by atoms with E-state index in [9.17, 15) is 4.79 Å². The zero-order valence-corrected chi connectivity index (χ0v) is 16.8. The molecule has 2 heterocycles. The van der Waals surface area contributed by atoms with Gasteiger partial charge in [-0.25, -0.2) is 0 Å². The standard InChI is InChI=1S/C20H18Cl2N4O2/c1-12(2)18(20-25-19(26-28-20)14-4-3-9-23-11-14)24-17(27)8-5-13-10-15(21)6-7-16(13)22/h3-12,18H,1-2H3,(H,24,27)/b8-5+. The van der Waals surface area contributed by atoms with Crippen molar-refractivity contribution in [3.63, 3.8) is 0 Å². The van der Waals surface area contributed by atoms with E-state index in [1.54, 1.807) is 42.7 Å². The second-order valence-corrected chi connectivity index (χ2v) is 7.27. The number of aromatic nitrogens is 3. The van der Waals surface area contributed by atoms with Crippen LogP contribution in [0.15, 0.2) is 53.3 Å². The van der Waals surface area contributed by atoms with Crippen LogP contribution in [0.2, 0.25) is 10.0 Å². The Morgan fingerprint density at radius 2 is 2.07 bits per heavy atom. The second kappa shape index (κ2) is 8.99. The van der Waals surface area contributed by atoms with Gasteiger partial charge in [0.25, 0.3) is 0 Å². The second-order valence-electron chi connectivity index (χ2n) is 6.43. The Hall–Kier alpha value is -2.70. The molecule has 8 heteroatoms. The predicted octanol–water partition coefficient (Wildman–Crippen LogP) is 4.97. The van der Waals surface area contributed by atoms with Crippen molar-refractivity contribution in [2.24, 2.45) is 5.92 Å². The molecule has 0 aliphatic rings. The van der Waals surface area contributed by atoms with Gasteiger partial charge in [-0.2, -0.15) is 4.98 Å². The van der Waals surface area contributed by atoms with E-state index in [1.807, 2.05) is 19.9 Å². The number of hydrogen-bond acceptors (Lipinski definition) is 5. The average Bonchev–Trinajstić information content (AvgIpc) is 3.17. The fourth-order valence-electron chi connectivity index (χ4n) is 2.50. The third-order valence-electron chi connectivity index (χ3n) is 3.96. The van der Waals surface area contributed by atoms with Gasteiger partial charge >= 0.3 is 0 Å². The van der Waals surface area contributed by atoms with Crippen LogP contribution in [0.5, 0.6) is 0 Å². The molecule has 3 aromatic rings. The first-order chi connectivity index (χ1) is 13.4. The summed E-state index contributed by atoms with van der Waals surface area (Å²) in [5, 5.41) is 7.92. The molecule has 144 valence electrons. The zero-order chi connectivity index (χ0) is 20.1. The van der Waals surface area contributed by atoms with Crippen LogP contribution in [0, 0.1) is 5.92 Å².